The monoisotopic (exact) mass is 453 g/mol. The smallest absolute Gasteiger partial charge is 0.242 e. The Morgan fingerprint density at radius 3 is 2.44 bits per heavy atom. The number of hydrogen-bond donors (Lipinski definition) is 0. The first-order valence-electron chi connectivity index (χ1n) is 10.8. The van der Waals surface area contributed by atoms with E-state index in [1.54, 1.807) is 32.6 Å². The molecule has 1 aliphatic rings. The van der Waals surface area contributed by atoms with Crippen LogP contribution < -0.4 is 4.90 Å². The Balaban J connectivity index is 1.64. The maximum atomic E-state index is 13.3. The minimum atomic E-state index is -3.91. The summed E-state index contributed by atoms with van der Waals surface area (Å²) in [5, 5.41) is 0.523. The molecule has 3 aromatic rings. The summed E-state index contributed by atoms with van der Waals surface area (Å²) in [7, 11) is -3.91. The number of fused-ring (bicyclic) bond motifs is 2. The number of nitrogens with zero attached hydrogens (tertiary/aromatic N) is 3. The molecule has 7 nitrogen and oxygen atoms in total. The molecular weight excluding hydrogens is 426 g/mol. The lowest BCUT2D eigenvalue weighted by Gasteiger charge is -2.19. The number of sulfone groups is 1. The topological polar surface area (TPSA) is 79.7 Å². The number of carbonyl (C=O) groups is 2. The van der Waals surface area contributed by atoms with Gasteiger partial charge in [-0.05, 0) is 38.0 Å². The molecule has 0 saturated heterocycles. The molecule has 0 spiro atoms. The largest absolute Gasteiger partial charge is 0.342 e. The Hall–Kier alpha value is -3.13. The maximum absolute atomic E-state index is 13.3. The van der Waals surface area contributed by atoms with Gasteiger partial charge in [-0.3, -0.25) is 9.59 Å². The average Bonchev–Trinajstić information content (AvgIpc) is 3.37. The lowest BCUT2D eigenvalue weighted by atomic mass is 10.2. The van der Waals surface area contributed by atoms with E-state index in [0.29, 0.717) is 30.5 Å². The minimum absolute atomic E-state index is 0.0468. The van der Waals surface area contributed by atoms with Crippen molar-refractivity contribution < 1.29 is 18.0 Å². The molecule has 0 radical (unpaired) electrons. The second kappa shape index (κ2) is 8.78. The van der Waals surface area contributed by atoms with Crippen LogP contribution in [0.4, 0.5) is 5.69 Å². The summed E-state index contributed by atoms with van der Waals surface area (Å²) in [6, 6.07) is 14.6. The van der Waals surface area contributed by atoms with Gasteiger partial charge in [0, 0.05) is 42.4 Å². The van der Waals surface area contributed by atoms with Gasteiger partial charge in [0.05, 0.1) is 4.90 Å². The van der Waals surface area contributed by atoms with E-state index < -0.39 is 21.5 Å². The predicted octanol–water partition coefficient (Wildman–Crippen LogP) is 2.87. The van der Waals surface area contributed by atoms with Crippen molar-refractivity contribution in [2.75, 3.05) is 30.3 Å². The molecule has 8 heteroatoms. The van der Waals surface area contributed by atoms with Crippen molar-refractivity contribution in [3.05, 3.63) is 60.3 Å². The zero-order valence-corrected chi connectivity index (χ0v) is 19.1. The van der Waals surface area contributed by atoms with E-state index >= 15 is 0 Å². The Morgan fingerprint density at radius 2 is 1.69 bits per heavy atom. The van der Waals surface area contributed by atoms with Gasteiger partial charge in [-0.1, -0.05) is 36.4 Å². The molecule has 0 bridgehead atoms. The number of amides is 2. The first-order chi connectivity index (χ1) is 15.4. The first-order valence-corrected chi connectivity index (χ1v) is 12.5. The van der Waals surface area contributed by atoms with E-state index in [-0.39, 0.29) is 17.3 Å². The highest BCUT2D eigenvalue weighted by molar-refractivity contribution is 7.92. The van der Waals surface area contributed by atoms with E-state index in [0.717, 1.165) is 17.7 Å². The van der Waals surface area contributed by atoms with E-state index in [4.69, 9.17) is 0 Å². The van der Waals surface area contributed by atoms with Crippen LogP contribution in [0.5, 0.6) is 0 Å². The lowest BCUT2D eigenvalue weighted by molar-refractivity contribution is -0.131. The van der Waals surface area contributed by atoms with Crippen molar-refractivity contribution in [1.29, 1.82) is 0 Å². The zero-order chi connectivity index (χ0) is 22.9. The molecule has 2 aromatic carbocycles. The summed E-state index contributed by atoms with van der Waals surface area (Å²) >= 11 is 0. The fraction of sp³-hybridized carbons (Fsp3) is 0.333. The van der Waals surface area contributed by atoms with Crippen molar-refractivity contribution in [1.82, 2.24) is 9.47 Å². The summed E-state index contributed by atoms with van der Waals surface area (Å²) in [5.41, 5.74) is 2.48. The normalized spacial score (nSPS) is 13.4. The molecule has 32 heavy (non-hydrogen) atoms. The van der Waals surface area contributed by atoms with Crippen LogP contribution >= 0.6 is 0 Å². The summed E-state index contributed by atoms with van der Waals surface area (Å²) in [6.07, 6.45) is 2.21. The molecular formula is C24H27N3O4S. The summed E-state index contributed by atoms with van der Waals surface area (Å²) in [4.78, 5) is 28.9. The average molecular weight is 454 g/mol. The number of carbonyl (C=O) groups excluding carboxylic acids is 2. The van der Waals surface area contributed by atoms with E-state index in [2.05, 4.69) is 0 Å². The van der Waals surface area contributed by atoms with Crippen LogP contribution in [0.15, 0.2) is 59.6 Å². The number of rotatable bonds is 7. The molecule has 0 N–H and O–H groups in total. The summed E-state index contributed by atoms with van der Waals surface area (Å²) in [5.74, 6) is -1.13. The van der Waals surface area contributed by atoms with Crippen LogP contribution in [0.3, 0.4) is 0 Å². The molecule has 1 aromatic heterocycles. The highest BCUT2D eigenvalue weighted by atomic mass is 32.2. The van der Waals surface area contributed by atoms with Crippen LogP contribution in [0, 0.1) is 0 Å². The second-order valence-electron chi connectivity index (χ2n) is 7.89. The summed E-state index contributed by atoms with van der Waals surface area (Å²) < 4.78 is 28.3. The fourth-order valence-electron chi connectivity index (χ4n) is 4.33. The quantitative estimate of drug-likeness (QED) is 0.551. The van der Waals surface area contributed by atoms with Gasteiger partial charge in [-0.15, -0.1) is 0 Å². The molecule has 0 atom stereocenters. The Morgan fingerprint density at radius 1 is 1.00 bits per heavy atom. The highest BCUT2D eigenvalue weighted by Crippen LogP contribution is 2.30. The van der Waals surface area contributed by atoms with Gasteiger partial charge in [0.25, 0.3) is 0 Å². The van der Waals surface area contributed by atoms with Crippen LogP contribution in [-0.4, -0.2) is 55.1 Å². The zero-order valence-electron chi connectivity index (χ0n) is 18.3. The Labute approximate surface area is 188 Å². The van der Waals surface area contributed by atoms with Gasteiger partial charge in [0.15, 0.2) is 9.84 Å². The van der Waals surface area contributed by atoms with E-state index in [1.807, 2.05) is 44.2 Å². The number of anilines is 1. The lowest BCUT2D eigenvalue weighted by Crippen LogP contribution is -2.34. The standard InChI is InChI=1S/C24H27N3O4S/c1-3-25(4-2)23(28)16-26-15-22(19-10-6-8-12-21(19)26)32(30,31)17-24(29)27-14-13-18-9-5-7-11-20(18)27/h5-12,15H,3-4,13-14,16-17H2,1-2H3. The van der Waals surface area contributed by atoms with Gasteiger partial charge >= 0.3 is 0 Å². The summed E-state index contributed by atoms with van der Waals surface area (Å²) in [6.45, 7) is 5.52. The highest BCUT2D eigenvalue weighted by Gasteiger charge is 2.30. The van der Waals surface area contributed by atoms with Crippen molar-refractivity contribution in [3.63, 3.8) is 0 Å². The molecule has 0 saturated carbocycles. The van der Waals surface area contributed by atoms with E-state index in [1.165, 1.54) is 6.20 Å². The third kappa shape index (κ3) is 4.02. The molecule has 2 amide bonds. The SMILES string of the molecule is CCN(CC)C(=O)Cn1cc(S(=O)(=O)CC(=O)N2CCc3ccccc32)c2ccccc21. The van der Waals surface area contributed by atoms with Crippen LogP contribution in [0.2, 0.25) is 0 Å². The number of likely N-dealkylation sites (N-methyl/N-ethyl adjacent to an activating group) is 1. The fourth-order valence-corrected chi connectivity index (χ4v) is 5.76. The number of aromatic nitrogens is 1. The number of para-hydroxylation sites is 2. The predicted molar refractivity (Wildman–Crippen MR) is 124 cm³/mol. The Bertz CT molecular complexity index is 1280. The van der Waals surface area contributed by atoms with Gasteiger partial charge < -0.3 is 14.4 Å². The molecule has 4 rings (SSSR count). The minimum Gasteiger partial charge on any atom is -0.342 e. The molecule has 1 aliphatic heterocycles. The maximum Gasteiger partial charge on any atom is 0.242 e. The number of benzene rings is 2. The molecule has 0 unspecified atom stereocenters. The number of hydrogen-bond acceptors (Lipinski definition) is 4. The van der Waals surface area contributed by atoms with Crippen molar-refractivity contribution in [2.24, 2.45) is 0 Å². The third-order valence-electron chi connectivity index (χ3n) is 6.01. The van der Waals surface area contributed by atoms with Gasteiger partial charge in [0.2, 0.25) is 11.8 Å². The van der Waals surface area contributed by atoms with Crippen molar-refractivity contribution in [2.45, 2.75) is 31.7 Å². The van der Waals surface area contributed by atoms with E-state index in [9.17, 15) is 18.0 Å². The van der Waals surface area contributed by atoms with Gasteiger partial charge in [-0.2, -0.15) is 0 Å². The van der Waals surface area contributed by atoms with Crippen LogP contribution in [-0.2, 0) is 32.4 Å². The van der Waals surface area contributed by atoms with Gasteiger partial charge in [0.1, 0.15) is 12.3 Å². The van der Waals surface area contributed by atoms with Crippen LogP contribution in [0.1, 0.15) is 19.4 Å². The van der Waals surface area contributed by atoms with Gasteiger partial charge in [-0.25, -0.2) is 8.42 Å². The molecule has 2 heterocycles. The second-order valence-corrected chi connectivity index (χ2v) is 9.85. The molecule has 0 fully saturated rings. The van der Waals surface area contributed by atoms with Crippen LogP contribution in [0.25, 0.3) is 10.9 Å². The van der Waals surface area contributed by atoms with Crippen molar-refractivity contribution in [3.8, 4) is 0 Å². The Kier molecular flexibility index (Phi) is 6.06. The molecule has 168 valence electrons. The molecule has 0 aliphatic carbocycles. The first kappa shape index (κ1) is 22.1. The third-order valence-corrected chi connectivity index (χ3v) is 7.63. The van der Waals surface area contributed by atoms with Crippen molar-refractivity contribution >= 4 is 38.2 Å².